The number of Topliss-reactive ketones (excluding diaryl/α,β-unsaturated/α-hetero) is 1. The Labute approximate surface area is 144 Å². The quantitative estimate of drug-likeness (QED) is 0.722. The number of carbonyl (C=O) groups excluding carboxylic acids is 1. The Balaban J connectivity index is 1.44. The van der Waals surface area contributed by atoms with Gasteiger partial charge in [0.2, 0.25) is 11.7 Å². The van der Waals surface area contributed by atoms with Crippen molar-refractivity contribution in [1.29, 1.82) is 0 Å². The minimum absolute atomic E-state index is 0.0124. The Kier molecular flexibility index (Phi) is 4.13. The molecule has 4 rings (SSSR count). The highest BCUT2D eigenvalue weighted by molar-refractivity contribution is 7.13. The van der Waals surface area contributed by atoms with Crippen LogP contribution in [0.1, 0.15) is 29.0 Å². The Morgan fingerprint density at radius 2 is 2.12 bits per heavy atom. The van der Waals surface area contributed by atoms with Gasteiger partial charge in [-0.15, -0.1) is 11.3 Å². The minimum Gasteiger partial charge on any atom is -0.348 e. The molecule has 1 N–H and O–H groups in total. The van der Waals surface area contributed by atoms with Crippen LogP contribution in [0.3, 0.4) is 0 Å². The lowest BCUT2D eigenvalue weighted by Gasteiger charge is -2.16. The van der Waals surface area contributed by atoms with E-state index in [0.29, 0.717) is 5.69 Å². The van der Waals surface area contributed by atoms with E-state index in [4.69, 9.17) is 0 Å². The molecular weight excluding hydrogens is 320 g/mol. The van der Waals surface area contributed by atoms with Gasteiger partial charge in [-0.1, -0.05) is 30.3 Å². The van der Waals surface area contributed by atoms with Crippen LogP contribution in [0.15, 0.2) is 41.9 Å². The van der Waals surface area contributed by atoms with E-state index in [9.17, 15) is 4.79 Å². The summed E-state index contributed by atoms with van der Waals surface area (Å²) in [7, 11) is 0. The van der Waals surface area contributed by atoms with Crippen molar-refractivity contribution >= 4 is 23.1 Å². The molecule has 1 aliphatic rings. The summed E-state index contributed by atoms with van der Waals surface area (Å²) in [6.45, 7) is 1.19. The van der Waals surface area contributed by atoms with Gasteiger partial charge in [-0.25, -0.2) is 9.97 Å². The third-order valence-electron chi connectivity index (χ3n) is 4.22. The fourth-order valence-corrected chi connectivity index (χ4v) is 3.77. The maximum Gasteiger partial charge on any atom is 0.203 e. The van der Waals surface area contributed by atoms with Crippen molar-refractivity contribution < 1.29 is 4.79 Å². The number of imidazole rings is 1. The van der Waals surface area contributed by atoms with Gasteiger partial charge < -0.3 is 9.88 Å². The topological polar surface area (TPSA) is 59.8 Å². The van der Waals surface area contributed by atoms with Crippen LogP contribution in [-0.4, -0.2) is 26.9 Å². The zero-order valence-corrected chi connectivity index (χ0v) is 14.1. The third kappa shape index (κ3) is 2.97. The molecule has 0 aliphatic carbocycles. The maximum atomic E-state index is 12.4. The number of aryl methyl sites for hydroxylation is 1. The molecule has 0 bridgehead atoms. The second kappa shape index (κ2) is 6.57. The van der Waals surface area contributed by atoms with Crippen LogP contribution in [0.2, 0.25) is 0 Å². The van der Waals surface area contributed by atoms with Crippen molar-refractivity contribution in [2.75, 3.05) is 11.9 Å². The summed E-state index contributed by atoms with van der Waals surface area (Å²) in [4.78, 5) is 21.3. The van der Waals surface area contributed by atoms with E-state index < -0.39 is 0 Å². The van der Waals surface area contributed by atoms with Gasteiger partial charge in [0.05, 0.1) is 12.7 Å². The van der Waals surface area contributed by atoms with Gasteiger partial charge in [0, 0.05) is 23.2 Å². The number of hydrogen-bond donors (Lipinski definition) is 1. The van der Waals surface area contributed by atoms with Gasteiger partial charge in [-0.2, -0.15) is 0 Å². The van der Waals surface area contributed by atoms with Crippen molar-refractivity contribution in [2.45, 2.75) is 25.8 Å². The second-order valence-corrected chi connectivity index (χ2v) is 6.72. The van der Waals surface area contributed by atoms with E-state index in [0.717, 1.165) is 29.5 Å². The summed E-state index contributed by atoms with van der Waals surface area (Å²) in [5.41, 5.74) is 2.80. The monoisotopic (exact) mass is 338 g/mol. The number of hydrogen-bond acceptors (Lipinski definition) is 5. The van der Waals surface area contributed by atoms with E-state index in [1.807, 2.05) is 41.9 Å². The zero-order chi connectivity index (χ0) is 16.4. The summed E-state index contributed by atoms with van der Waals surface area (Å²) in [5.74, 6) is 0.776. The van der Waals surface area contributed by atoms with E-state index in [2.05, 4.69) is 19.9 Å². The normalized spacial score (nSPS) is 13.5. The second-order valence-electron chi connectivity index (χ2n) is 5.86. The number of benzene rings is 1. The Hall–Kier alpha value is -2.47. The minimum atomic E-state index is -0.0124. The fraction of sp³-hybridized carbons (Fsp3) is 0.278. The molecule has 0 fully saturated rings. The van der Waals surface area contributed by atoms with Crippen molar-refractivity contribution in [3.05, 3.63) is 53.3 Å². The lowest BCUT2D eigenvalue weighted by atomic mass is 10.1. The number of thiazole rings is 1. The summed E-state index contributed by atoms with van der Waals surface area (Å²) in [6, 6.07) is 9.92. The summed E-state index contributed by atoms with van der Waals surface area (Å²) >= 11 is 1.50. The molecule has 0 spiro atoms. The SMILES string of the molecule is O=C(CNc1ncc2n1CCCC2)c1csc(-c2ccccc2)n1. The first-order valence-electron chi connectivity index (χ1n) is 8.14. The number of rotatable bonds is 5. The van der Waals surface area contributed by atoms with Gasteiger partial charge >= 0.3 is 0 Å². The number of nitrogens with one attached hydrogen (secondary N) is 1. The molecule has 3 aromatic rings. The van der Waals surface area contributed by atoms with Crippen molar-refractivity contribution in [3.63, 3.8) is 0 Å². The van der Waals surface area contributed by atoms with Gasteiger partial charge in [-0.05, 0) is 19.3 Å². The highest BCUT2D eigenvalue weighted by atomic mass is 32.1. The van der Waals surface area contributed by atoms with Gasteiger partial charge in [0.15, 0.2) is 0 Å². The molecule has 6 heteroatoms. The molecule has 0 saturated heterocycles. The molecule has 0 saturated carbocycles. The summed E-state index contributed by atoms with van der Waals surface area (Å²) in [6.07, 6.45) is 5.35. The molecule has 1 aliphatic heterocycles. The Morgan fingerprint density at radius 3 is 3.00 bits per heavy atom. The van der Waals surface area contributed by atoms with E-state index in [1.54, 1.807) is 0 Å². The van der Waals surface area contributed by atoms with Gasteiger partial charge in [0.25, 0.3) is 0 Å². The van der Waals surface area contributed by atoms with Crippen molar-refractivity contribution in [1.82, 2.24) is 14.5 Å². The summed E-state index contributed by atoms with van der Waals surface area (Å²) < 4.78 is 2.17. The highest BCUT2D eigenvalue weighted by Crippen LogP contribution is 2.24. The van der Waals surface area contributed by atoms with Crippen LogP contribution >= 0.6 is 11.3 Å². The number of fused-ring (bicyclic) bond motifs is 1. The molecule has 5 nitrogen and oxygen atoms in total. The third-order valence-corrected chi connectivity index (χ3v) is 5.11. The predicted octanol–water partition coefficient (Wildman–Crippen LogP) is 3.64. The number of ketones is 1. The van der Waals surface area contributed by atoms with Crippen LogP contribution in [0.4, 0.5) is 5.95 Å². The zero-order valence-electron chi connectivity index (χ0n) is 13.2. The lowest BCUT2D eigenvalue weighted by molar-refractivity contribution is 0.100. The van der Waals surface area contributed by atoms with E-state index in [1.165, 1.54) is 29.9 Å². The maximum absolute atomic E-state index is 12.4. The number of anilines is 1. The van der Waals surface area contributed by atoms with E-state index in [-0.39, 0.29) is 12.3 Å². The molecule has 0 radical (unpaired) electrons. The van der Waals surface area contributed by atoms with Crippen molar-refractivity contribution in [2.24, 2.45) is 0 Å². The van der Waals surface area contributed by atoms with Crippen LogP contribution in [0, 0.1) is 0 Å². The lowest BCUT2D eigenvalue weighted by Crippen LogP contribution is -2.19. The highest BCUT2D eigenvalue weighted by Gasteiger charge is 2.16. The number of carbonyl (C=O) groups is 1. The molecule has 1 aromatic carbocycles. The molecule has 3 heterocycles. The first-order valence-corrected chi connectivity index (χ1v) is 9.01. The molecule has 0 amide bonds. The van der Waals surface area contributed by atoms with Crippen LogP contribution in [0.25, 0.3) is 10.6 Å². The smallest absolute Gasteiger partial charge is 0.203 e. The summed E-state index contributed by atoms with van der Waals surface area (Å²) in [5, 5.41) is 5.87. The fourth-order valence-electron chi connectivity index (χ4n) is 2.94. The first kappa shape index (κ1) is 15.1. The first-order chi connectivity index (χ1) is 11.8. The number of aromatic nitrogens is 3. The van der Waals surface area contributed by atoms with Crippen LogP contribution < -0.4 is 5.32 Å². The van der Waals surface area contributed by atoms with Gasteiger partial charge in [0.1, 0.15) is 10.7 Å². The average molecular weight is 338 g/mol. The standard InChI is InChI=1S/C18H18N4OS/c23-16(11-20-18-19-10-14-8-4-5-9-22(14)18)15-12-24-17(21-15)13-6-2-1-3-7-13/h1-3,6-7,10,12H,4-5,8-9,11H2,(H,19,20). The largest absolute Gasteiger partial charge is 0.348 e. The Bertz CT molecular complexity index is 853. The molecule has 2 aromatic heterocycles. The Morgan fingerprint density at radius 1 is 1.25 bits per heavy atom. The van der Waals surface area contributed by atoms with Crippen LogP contribution in [0.5, 0.6) is 0 Å². The molecular formula is C18H18N4OS. The van der Waals surface area contributed by atoms with Crippen LogP contribution in [-0.2, 0) is 13.0 Å². The number of nitrogens with zero attached hydrogens (tertiary/aromatic N) is 3. The molecule has 0 atom stereocenters. The van der Waals surface area contributed by atoms with Gasteiger partial charge in [-0.3, -0.25) is 4.79 Å². The molecule has 0 unspecified atom stereocenters. The predicted molar refractivity (Wildman–Crippen MR) is 95.5 cm³/mol. The molecule has 24 heavy (non-hydrogen) atoms. The molecule has 122 valence electrons. The van der Waals surface area contributed by atoms with E-state index >= 15 is 0 Å². The average Bonchev–Trinajstić information content (AvgIpc) is 3.28. The van der Waals surface area contributed by atoms with Crippen molar-refractivity contribution in [3.8, 4) is 10.6 Å².